The van der Waals surface area contributed by atoms with Gasteiger partial charge in [0.1, 0.15) is 6.54 Å². The van der Waals surface area contributed by atoms with Crippen LogP contribution in [0.5, 0.6) is 0 Å². The van der Waals surface area contributed by atoms with Crippen molar-refractivity contribution < 1.29 is 9.53 Å². The van der Waals surface area contributed by atoms with Gasteiger partial charge in [0.05, 0.1) is 7.11 Å². The summed E-state index contributed by atoms with van der Waals surface area (Å²) in [7, 11) is 1.33. The van der Waals surface area contributed by atoms with Crippen LogP contribution in [0.15, 0.2) is 36.9 Å². The third kappa shape index (κ3) is 3.00. The Hall–Kier alpha value is -2.50. The molecule has 0 aromatic carbocycles. The molecule has 2 aromatic rings. The molecule has 0 atom stereocenters. The van der Waals surface area contributed by atoms with Crippen LogP contribution in [-0.2, 0) is 9.53 Å². The van der Waals surface area contributed by atoms with E-state index in [9.17, 15) is 4.79 Å². The number of anilines is 1. The number of hydrogen-bond donors (Lipinski definition) is 1. The van der Waals surface area contributed by atoms with E-state index in [2.05, 4.69) is 25.0 Å². The zero-order chi connectivity index (χ0) is 12.8. The maximum absolute atomic E-state index is 10.9. The second-order valence-corrected chi connectivity index (χ2v) is 3.46. The minimum atomic E-state index is -0.364. The highest BCUT2D eigenvalue weighted by atomic mass is 16.5. The molecule has 0 spiro atoms. The van der Waals surface area contributed by atoms with Crippen LogP contribution >= 0.6 is 0 Å². The van der Waals surface area contributed by atoms with Gasteiger partial charge in [-0.05, 0) is 17.7 Å². The molecule has 2 aromatic heterocycles. The molecule has 0 aliphatic carbocycles. The molecular formula is C12H12N4O2. The highest BCUT2D eigenvalue weighted by Gasteiger charge is 2.02. The quantitative estimate of drug-likeness (QED) is 0.812. The number of esters is 1. The summed E-state index contributed by atoms with van der Waals surface area (Å²) in [6, 6.07) is 3.75. The number of aromatic nitrogens is 3. The first-order valence-electron chi connectivity index (χ1n) is 5.32. The van der Waals surface area contributed by atoms with Gasteiger partial charge in [-0.1, -0.05) is 0 Å². The van der Waals surface area contributed by atoms with Gasteiger partial charge in [-0.3, -0.25) is 9.78 Å². The lowest BCUT2D eigenvalue weighted by Crippen LogP contribution is -2.16. The zero-order valence-corrected chi connectivity index (χ0v) is 9.83. The number of carbonyl (C=O) groups excluding carboxylic acids is 1. The number of rotatable bonds is 4. The molecule has 0 saturated carbocycles. The molecule has 0 amide bonds. The summed E-state index contributed by atoms with van der Waals surface area (Å²) in [5.74, 6) is 0.0232. The van der Waals surface area contributed by atoms with E-state index in [0.717, 1.165) is 11.1 Å². The van der Waals surface area contributed by atoms with Crippen molar-refractivity contribution in [1.82, 2.24) is 15.0 Å². The Kier molecular flexibility index (Phi) is 3.80. The van der Waals surface area contributed by atoms with Crippen LogP contribution in [0.3, 0.4) is 0 Å². The van der Waals surface area contributed by atoms with Crippen molar-refractivity contribution in [2.45, 2.75) is 0 Å². The molecule has 92 valence electrons. The first-order valence-corrected chi connectivity index (χ1v) is 5.32. The van der Waals surface area contributed by atoms with Crippen LogP contribution in [0.25, 0.3) is 11.1 Å². The Bertz CT molecular complexity index is 513. The summed E-state index contributed by atoms with van der Waals surface area (Å²) in [5.41, 5.74) is 1.88. The molecule has 6 nitrogen and oxygen atoms in total. The van der Waals surface area contributed by atoms with Crippen LogP contribution < -0.4 is 5.32 Å². The van der Waals surface area contributed by atoms with Gasteiger partial charge < -0.3 is 10.1 Å². The Balaban J connectivity index is 2.04. The molecule has 0 bridgehead atoms. The Morgan fingerprint density at radius 2 is 1.89 bits per heavy atom. The predicted molar refractivity (Wildman–Crippen MR) is 65.8 cm³/mol. The van der Waals surface area contributed by atoms with Crippen molar-refractivity contribution in [2.75, 3.05) is 19.0 Å². The number of nitrogens with one attached hydrogen (secondary N) is 1. The molecule has 0 aliphatic rings. The van der Waals surface area contributed by atoms with Crippen LogP contribution in [-0.4, -0.2) is 34.6 Å². The van der Waals surface area contributed by atoms with E-state index < -0.39 is 0 Å². The van der Waals surface area contributed by atoms with Crippen LogP contribution in [0.2, 0.25) is 0 Å². The topological polar surface area (TPSA) is 77.0 Å². The van der Waals surface area contributed by atoms with Crippen molar-refractivity contribution in [3.05, 3.63) is 36.9 Å². The number of carbonyl (C=O) groups is 1. The van der Waals surface area contributed by atoms with Gasteiger partial charge in [0.25, 0.3) is 0 Å². The van der Waals surface area contributed by atoms with Crippen LogP contribution in [0, 0.1) is 0 Å². The van der Waals surface area contributed by atoms with E-state index in [1.165, 1.54) is 7.11 Å². The van der Waals surface area contributed by atoms with E-state index in [-0.39, 0.29) is 12.5 Å². The Morgan fingerprint density at radius 3 is 2.50 bits per heavy atom. The van der Waals surface area contributed by atoms with Crippen molar-refractivity contribution in [1.29, 1.82) is 0 Å². The standard InChI is InChI=1S/C12H12N4O2/c1-18-11(17)8-16-12-14-6-10(7-15-12)9-2-4-13-5-3-9/h2-7H,8H2,1H3,(H,14,15,16). The number of nitrogens with zero attached hydrogens (tertiary/aromatic N) is 3. The smallest absolute Gasteiger partial charge is 0.325 e. The van der Waals surface area contributed by atoms with Crippen molar-refractivity contribution in [3.63, 3.8) is 0 Å². The average molecular weight is 244 g/mol. The second-order valence-electron chi connectivity index (χ2n) is 3.46. The summed E-state index contributed by atoms with van der Waals surface area (Å²) < 4.78 is 4.50. The van der Waals surface area contributed by atoms with Gasteiger partial charge in [0, 0.05) is 30.4 Å². The highest BCUT2D eigenvalue weighted by molar-refractivity contribution is 5.74. The summed E-state index contributed by atoms with van der Waals surface area (Å²) in [4.78, 5) is 23.1. The molecule has 0 unspecified atom stereocenters. The zero-order valence-electron chi connectivity index (χ0n) is 9.83. The van der Waals surface area contributed by atoms with E-state index in [1.54, 1.807) is 24.8 Å². The molecule has 0 saturated heterocycles. The predicted octanol–water partition coefficient (Wildman–Crippen LogP) is 1.12. The monoisotopic (exact) mass is 244 g/mol. The first-order chi connectivity index (χ1) is 8.79. The SMILES string of the molecule is COC(=O)CNc1ncc(-c2ccncc2)cn1. The summed E-state index contributed by atoms with van der Waals surface area (Å²) >= 11 is 0. The largest absolute Gasteiger partial charge is 0.468 e. The summed E-state index contributed by atoms with van der Waals surface area (Å²) in [6.45, 7) is 0.0467. The summed E-state index contributed by atoms with van der Waals surface area (Å²) in [6.07, 6.45) is 6.78. The van der Waals surface area contributed by atoms with E-state index in [4.69, 9.17) is 0 Å². The van der Waals surface area contributed by atoms with E-state index in [0.29, 0.717) is 5.95 Å². The molecule has 2 rings (SSSR count). The average Bonchev–Trinajstić information content (AvgIpc) is 2.46. The molecule has 0 aliphatic heterocycles. The lowest BCUT2D eigenvalue weighted by atomic mass is 10.1. The fourth-order valence-corrected chi connectivity index (χ4v) is 1.34. The maximum atomic E-state index is 10.9. The fourth-order valence-electron chi connectivity index (χ4n) is 1.34. The van der Waals surface area contributed by atoms with Crippen molar-refractivity contribution >= 4 is 11.9 Å². The lowest BCUT2D eigenvalue weighted by Gasteiger charge is -2.04. The van der Waals surface area contributed by atoms with Crippen molar-refractivity contribution in [3.8, 4) is 11.1 Å². The van der Waals surface area contributed by atoms with Gasteiger partial charge in [-0.25, -0.2) is 9.97 Å². The van der Waals surface area contributed by atoms with Gasteiger partial charge in [-0.15, -0.1) is 0 Å². The summed E-state index contributed by atoms with van der Waals surface area (Å²) in [5, 5.41) is 2.76. The van der Waals surface area contributed by atoms with Crippen molar-refractivity contribution in [2.24, 2.45) is 0 Å². The molecule has 0 radical (unpaired) electrons. The maximum Gasteiger partial charge on any atom is 0.325 e. The minimum Gasteiger partial charge on any atom is -0.468 e. The van der Waals surface area contributed by atoms with E-state index in [1.807, 2.05) is 12.1 Å². The Labute approximate surface area is 104 Å². The van der Waals surface area contributed by atoms with Gasteiger partial charge in [0.15, 0.2) is 0 Å². The molecular weight excluding hydrogens is 232 g/mol. The third-order valence-electron chi connectivity index (χ3n) is 2.28. The molecule has 1 N–H and O–H groups in total. The van der Waals surface area contributed by atoms with Gasteiger partial charge >= 0.3 is 5.97 Å². The fraction of sp³-hybridized carbons (Fsp3) is 0.167. The molecule has 6 heteroatoms. The minimum absolute atomic E-state index is 0.0467. The molecule has 2 heterocycles. The lowest BCUT2D eigenvalue weighted by molar-refractivity contribution is -0.138. The first kappa shape index (κ1) is 12.0. The van der Waals surface area contributed by atoms with Crippen LogP contribution in [0.1, 0.15) is 0 Å². The molecule has 0 fully saturated rings. The number of hydrogen-bond acceptors (Lipinski definition) is 6. The molecule has 18 heavy (non-hydrogen) atoms. The second kappa shape index (κ2) is 5.72. The number of ether oxygens (including phenoxy) is 1. The number of methoxy groups -OCH3 is 1. The normalized spacial score (nSPS) is 9.83. The highest BCUT2D eigenvalue weighted by Crippen LogP contribution is 2.16. The number of pyridine rings is 1. The van der Waals surface area contributed by atoms with Gasteiger partial charge in [-0.2, -0.15) is 0 Å². The third-order valence-corrected chi connectivity index (χ3v) is 2.28. The van der Waals surface area contributed by atoms with Crippen LogP contribution in [0.4, 0.5) is 5.95 Å². The van der Waals surface area contributed by atoms with Gasteiger partial charge in [0.2, 0.25) is 5.95 Å². The van der Waals surface area contributed by atoms with E-state index >= 15 is 0 Å². The Morgan fingerprint density at radius 1 is 1.22 bits per heavy atom.